The zero-order valence-electron chi connectivity index (χ0n) is 9.40. The van der Waals surface area contributed by atoms with Gasteiger partial charge in [0.05, 0.1) is 10.7 Å². The third-order valence-corrected chi connectivity index (χ3v) is 2.88. The molecule has 4 nitrogen and oxygen atoms in total. The van der Waals surface area contributed by atoms with Crippen molar-refractivity contribution in [1.82, 2.24) is 15.3 Å². The van der Waals surface area contributed by atoms with E-state index in [2.05, 4.69) is 15.3 Å². The van der Waals surface area contributed by atoms with Crippen LogP contribution in [0.15, 0.2) is 30.7 Å². The van der Waals surface area contributed by atoms with Gasteiger partial charge in [-0.25, -0.2) is 9.97 Å². The molecule has 2 rings (SSSR count). The smallest absolute Gasteiger partial charge is 0.138 e. The Labute approximate surface area is 115 Å². The zero-order valence-corrected chi connectivity index (χ0v) is 10.9. The number of benzene rings is 1. The Kier molecular flexibility index (Phi) is 4.36. The zero-order chi connectivity index (χ0) is 13.0. The van der Waals surface area contributed by atoms with Crippen molar-refractivity contribution < 1.29 is 5.11 Å². The Bertz CT molecular complexity index is 534. The van der Waals surface area contributed by atoms with Crippen molar-refractivity contribution in [2.24, 2.45) is 0 Å². The van der Waals surface area contributed by atoms with E-state index in [1.54, 1.807) is 12.3 Å². The predicted molar refractivity (Wildman–Crippen MR) is 70.7 cm³/mol. The average molecular weight is 284 g/mol. The number of nitrogens with zero attached hydrogens (tertiary/aromatic N) is 2. The fourth-order valence-corrected chi connectivity index (χ4v) is 2.04. The van der Waals surface area contributed by atoms with Gasteiger partial charge >= 0.3 is 0 Å². The van der Waals surface area contributed by atoms with Gasteiger partial charge < -0.3 is 10.4 Å². The van der Waals surface area contributed by atoms with Gasteiger partial charge in [0.15, 0.2) is 0 Å². The van der Waals surface area contributed by atoms with Crippen molar-refractivity contribution in [2.45, 2.75) is 13.1 Å². The summed E-state index contributed by atoms with van der Waals surface area (Å²) >= 11 is 11.7. The van der Waals surface area contributed by atoms with E-state index in [4.69, 9.17) is 23.2 Å². The molecule has 18 heavy (non-hydrogen) atoms. The summed E-state index contributed by atoms with van der Waals surface area (Å²) in [6.07, 6.45) is 3.17. The molecule has 1 aromatic heterocycles. The number of hydrogen-bond donors (Lipinski definition) is 2. The molecule has 0 aliphatic rings. The minimum atomic E-state index is 0.0521. The first kappa shape index (κ1) is 13.1. The number of aromatic nitrogens is 2. The highest BCUT2D eigenvalue weighted by atomic mass is 35.5. The largest absolute Gasteiger partial charge is 0.506 e. The van der Waals surface area contributed by atoms with Gasteiger partial charge in [-0.3, -0.25) is 0 Å². The lowest BCUT2D eigenvalue weighted by Gasteiger charge is -2.08. The van der Waals surface area contributed by atoms with Crippen LogP contribution in [-0.2, 0) is 13.1 Å². The summed E-state index contributed by atoms with van der Waals surface area (Å²) in [5.41, 5.74) is 1.53. The maximum atomic E-state index is 9.76. The van der Waals surface area contributed by atoms with Crippen LogP contribution >= 0.6 is 23.2 Å². The molecule has 0 fully saturated rings. The van der Waals surface area contributed by atoms with E-state index < -0.39 is 0 Å². The molecule has 0 aliphatic carbocycles. The molecule has 0 spiro atoms. The lowest BCUT2D eigenvalue weighted by atomic mass is 10.2. The fourth-order valence-electron chi connectivity index (χ4n) is 1.50. The summed E-state index contributed by atoms with van der Waals surface area (Å²) in [5.74, 6) is 0.0521. The second-order valence-corrected chi connectivity index (χ2v) is 4.54. The number of hydrogen-bond acceptors (Lipinski definition) is 4. The molecule has 0 amide bonds. The molecule has 0 unspecified atom stereocenters. The number of phenols is 1. The lowest BCUT2D eigenvalue weighted by Crippen LogP contribution is -2.13. The Hall–Kier alpha value is -1.36. The average Bonchev–Trinajstić information content (AvgIpc) is 2.36. The number of rotatable bonds is 4. The van der Waals surface area contributed by atoms with Crippen LogP contribution in [0.1, 0.15) is 11.3 Å². The van der Waals surface area contributed by atoms with Crippen LogP contribution in [0.25, 0.3) is 0 Å². The van der Waals surface area contributed by atoms with Crippen LogP contribution in [0.2, 0.25) is 10.0 Å². The third-order valence-electron chi connectivity index (χ3n) is 2.37. The van der Waals surface area contributed by atoms with E-state index in [-0.39, 0.29) is 10.8 Å². The first-order valence-electron chi connectivity index (χ1n) is 5.29. The molecule has 2 N–H and O–H groups in total. The molecule has 0 saturated carbocycles. The lowest BCUT2D eigenvalue weighted by molar-refractivity contribution is 0.464. The summed E-state index contributed by atoms with van der Waals surface area (Å²) in [4.78, 5) is 7.91. The van der Waals surface area contributed by atoms with Gasteiger partial charge in [0.1, 0.15) is 12.1 Å². The summed E-state index contributed by atoms with van der Waals surface area (Å²) in [6.45, 7) is 1.03. The van der Waals surface area contributed by atoms with E-state index in [0.717, 1.165) is 5.69 Å². The number of halogens is 2. The van der Waals surface area contributed by atoms with Gasteiger partial charge in [0.2, 0.25) is 0 Å². The highest BCUT2D eigenvalue weighted by Gasteiger charge is 2.07. The van der Waals surface area contributed by atoms with Crippen molar-refractivity contribution in [2.75, 3.05) is 0 Å². The second kappa shape index (κ2) is 6.00. The molecule has 0 atom stereocenters. The van der Waals surface area contributed by atoms with Crippen LogP contribution in [0.5, 0.6) is 5.75 Å². The van der Waals surface area contributed by atoms with Crippen molar-refractivity contribution in [3.05, 3.63) is 52.0 Å². The number of phenolic OH excluding ortho intramolecular Hbond substituents is 1. The molecule has 0 bridgehead atoms. The number of aromatic hydroxyl groups is 1. The Morgan fingerprint density at radius 2 is 2.06 bits per heavy atom. The van der Waals surface area contributed by atoms with Gasteiger partial charge in [-0.1, -0.05) is 23.2 Å². The molecule has 0 aliphatic heterocycles. The van der Waals surface area contributed by atoms with Gasteiger partial charge in [0.25, 0.3) is 0 Å². The van der Waals surface area contributed by atoms with E-state index in [1.165, 1.54) is 12.4 Å². The minimum absolute atomic E-state index is 0.0521. The molecule has 0 saturated heterocycles. The summed E-state index contributed by atoms with van der Waals surface area (Å²) < 4.78 is 0. The molecule has 94 valence electrons. The topological polar surface area (TPSA) is 58.0 Å². The normalized spacial score (nSPS) is 10.6. The number of nitrogens with one attached hydrogen (secondary N) is 1. The Morgan fingerprint density at radius 3 is 2.78 bits per heavy atom. The fraction of sp³-hybridized carbons (Fsp3) is 0.167. The third kappa shape index (κ3) is 3.32. The maximum Gasteiger partial charge on any atom is 0.138 e. The SMILES string of the molecule is Oc1c(Cl)cc(Cl)cc1CNCc1ccncn1. The van der Waals surface area contributed by atoms with E-state index in [9.17, 15) is 5.11 Å². The van der Waals surface area contributed by atoms with Crippen molar-refractivity contribution in [1.29, 1.82) is 0 Å². The van der Waals surface area contributed by atoms with Crippen LogP contribution in [0, 0.1) is 0 Å². The summed E-state index contributed by atoms with van der Waals surface area (Å²) in [5, 5.41) is 13.7. The van der Waals surface area contributed by atoms with Gasteiger partial charge in [-0.15, -0.1) is 0 Å². The Morgan fingerprint density at radius 1 is 1.22 bits per heavy atom. The van der Waals surface area contributed by atoms with E-state index in [0.29, 0.717) is 23.7 Å². The van der Waals surface area contributed by atoms with Crippen LogP contribution in [0.4, 0.5) is 0 Å². The van der Waals surface area contributed by atoms with Crippen LogP contribution in [-0.4, -0.2) is 15.1 Å². The van der Waals surface area contributed by atoms with E-state index in [1.807, 2.05) is 6.07 Å². The molecular formula is C12H11Cl2N3O. The quantitative estimate of drug-likeness (QED) is 0.906. The van der Waals surface area contributed by atoms with Crippen molar-refractivity contribution in [3.63, 3.8) is 0 Å². The highest BCUT2D eigenvalue weighted by molar-refractivity contribution is 6.35. The molecule has 6 heteroatoms. The Balaban J connectivity index is 1.99. The predicted octanol–water partition coefficient (Wildman–Crippen LogP) is 2.78. The maximum absolute atomic E-state index is 9.76. The first-order chi connectivity index (χ1) is 8.66. The molecule has 2 aromatic rings. The van der Waals surface area contributed by atoms with Crippen LogP contribution in [0.3, 0.4) is 0 Å². The first-order valence-corrected chi connectivity index (χ1v) is 6.05. The summed E-state index contributed by atoms with van der Waals surface area (Å²) in [6, 6.07) is 5.00. The summed E-state index contributed by atoms with van der Waals surface area (Å²) in [7, 11) is 0. The standard InChI is InChI=1S/C12H11Cl2N3O/c13-9-3-8(12(18)11(14)4-9)5-16-6-10-1-2-15-7-17-10/h1-4,7,16,18H,5-6H2. The van der Waals surface area contributed by atoms with Crippen LogP contribution < -0.4 is 5.32 Å². The second-order valence-electron chi connectivity index (χ2n) is 3.70. The van der Waals surface area contributed by atoms with Gasteiger partial charge in [-0.05, 0) is 18.2 Å². The van der Waals surface area contributed by atoms with Crippen molar-refractivity contribution in [3.8, 4) is 5.75 Å². The molecule has 1 aromatic carbocycles. The van der Waals surface area contributed by atoms with Crippen molar-refractivity contribution >= 4 is 23.2 Å². The minimum Gasteiger partial charge on any atom is -0.506 e. The highest BCUT2D eigenvalue weighted by Crippen LogP contribution is 2.30. The van der Waals surface area contributed by atoms with E-state index >= 15 is 0 Å². The molecular weight excluding hydrogens is 273 g/mol. The molecule has 1 heterocycles. The van der Waals surface area contributed by atoms with Gasteiger partial charge in [0, 0.05) is 29.9 Å². The molecule has 0 radical (unpaired) electrons. The monoisotopic (exact) mass is 283 g/mol. The van der Waals surface area contributed by atoms with Gasteiger partial charge in [-0.2, -0.15) is 0 Å².